The quantitative estimate of drug-likeness (QED) is 0.852. The molecule has 1 aromatic rings. The Morgan fingerprint density at radius 1 is 1.53 bits per heavy atom. The number of pyridine rings is 1. The van der Waals surface area contributed by atoms with Crippen LogP contribution in [-0.2, 0) is 0 Å². The number of aromatic hydroxyl groups is 1. The van der Waals surface area contributed by atoms with E-state index in [1.54, 1.807) is 0 Å². The number of methoxy groups -OCH3 is 1. The first-order chi connectivity index (χ1) is 7.74. The second kappa shape index (κ2) is 4.66. The molecule has 9 heteroatoms. The molecule has 0 aromatic carbocycles. The molecule has 1 aromatic heterocycles. The Hall–Kier alpha value is -1.70. The molecule has 0 bridgehead atoms. The summed E-state index contributed by atoms with van der Waals surface area (Å²) in [4.78, 5) is 14.2. The van der Waals surface area contributed by atoms with E-state index in [-0.39, 0.29) is 5.88 Å². The molecule has 0 fully saturated rings. The van der Waals surface area contributed by atoms with E-state index < -0.39 is 28.8 Å². The van der Waals surface area contributed by atoms with Crippen LogP contribution in [0.15, 0.2) is 6.07 Å². The van der Waals surface area contributed by atoms with Gasteiger partial charge in [0.1, 0.15) is 0 Å². The zero-order valence-electron chi connectivity index (χ0n) is 8.21. The molecule has 1 N–H and O–H groups in total. The lowest BCUT2D eigenvalue weighted by atomic mass is 10.3. The average molecular weight is 272 g/mol. The number of carbonyl (C=O) groups is 1. The molecule has 0 amide bonds. The van der Waals surface area contributed by atoms with Crippen molar-refractivity contribution in [3.05, 3.63) is 11.8 Å². The van der Waals surface area contributed by atoms with E-state index in [9.17, 15) is 23.1 Å². The van der Waals surface area contributed by atoms with Crippen LogP contribution in [0.4, 0.5) is 13.2 Å². The molecule has 0 aliphatic carbocycles. The molecule has 5 nitrogen and oxygen atoms in total. The van der Waals surface area contributed by atoms with Gasteiger partial charge in [-0.3, -0.25) is 4.79 Å². The summed E-state index contributed by atoms with van der Waals surface area (Å²) in [6, 6.07) is 0.673. The van der Waals surface area contributed by atoms with Gasteiger partial charge in [0.05, 0.1) is 7.11 Å². The average Bonchev–Trinajstić information content (AvgIpc) is 2.18. The molecule has 17 heavy (non-hydrogen) atoms. The smallest absolute Gasteiger partial charge is 0.503 e. The lowest BCUT2D eigenvalue weighted by Crippen LogP contribution is -2.18. The van der Waals surface area contributed by atoms with E-state index in [4.69, 9.17) is 11.6 Å². The molecule has 0 atom stereocenters. The Bertz CT molecular complexity index is 449. The van der Waals surface area contributed by atoms with E-state index in [0.29, 0.717) is 6.07 Å². The van der Waals surface area contributed by atoms with Gasteiger partial charge >= 0.3 is 6.36 Å². The van der Waals surface area contributed by atoms with Crippen LogP contribution in [0.2, 0.25) is 0 Å². The molecule has 0 aliphatic heterocycles. The van der Waals surface area contributed by atoms with Crippen molar-refractivity contribution < 1.29 is 32.5 Å². The third-order valence-electron chi connectivity index (χ3n) is 1.56. The minimum absolute atomic E-state index is 0.356. The van der Waals surface area contributed by atoms with Crippen molar-refractivity contribution >= 4 is 16.8 Å². The number of carbonyl (C=O) groups excluding carboxylic acids is 1. The van der Waals surface area contributed by atoms with E-state index in [0.717, 1.165) is 7.11 Å². The molecule has 0 unspecified atom stereocenters. The van der Waals surface area contributed by atoms with Crippen LogP contribution in [0.5, 0.6) is 17.4 Å². The van der Waals surface area contributed by atoms with Gasteiger partial charge in [-0.1, -0.05) is 0 Å². The van der Waals surface area contributed by atoms with Crippen LogP contribution in [-0.4, -0.2) is 28.8 Å². The highest BCUT2D eigenvalue weighted by molar-refractivity contribution is 6.67. The van der Waals surface area contributed by atoms with Crippen molar-refractivity contribution in [1.29, 1.82) is 0 Å². The number of aromatic nitrogens is 1. The first-order valence-corrected chi connectivity index (χ1v) is 4.36. The number of hydrogen-bond donors (Lipinski definition) is 1. The van der Waals surface area contributed by atoms with Crippen molar-refractivity contribution in [3.63, 3.8) is 0 Å². The predicted octanol–water partition coefficient (Wildman–Crippen LogP) is 2.07. The zero-order valence-corrected chi connectivity index (χ0v) is 8.96. The van der Waals surface area contributed by atoms with Gasteiger partial charge in [-0.2, -0.15) is 0 Å². The van der Waals surface area contributed by atoms with Crippen LogP contribution < -0.4 is 9.47 Å². The first kappa shape index (κ1) is 13.4. The maximum absolute atomic E-state index is 12.0. The summed E-state index contributed by atoms with van der Waals surface area (Å²) in [5.41, 5.74) is -0.787. The van der Waals surface area contributed by atoms with E-state index in [2.05, 4.69) is 14.5 Å². The Morgan fingerprint density at radius 2 is 2.12 bits per heavy atom. The Balaban J connectivity index is 3.29. The summed E-state index contributed by atoms with van der Waals surface area (Å²) in [6.07, 6.45) is -5.03. The summed E-state index contributed by atoms with van der Waals surface area (Å²) in [6.45, 7) is 0. The van der Waals surface area contributed by atoms with E-state index >= 15 is 0 Å². The Morgan fingerprint density at radius 3 is 2.53 bits per heavy atom. The third kappa shape index (κ3) is 3.38. The van der Waals surface area contributed by atoms with Crippen molar-refractivity contribution in [2.75, 3.05) is 7.11 Å². The number of nitrogens with zero attached hydrogens (tertiary/aromatic N) is 1. The molecular weight excluding hydrogens is 267 g/mol. The van der Waals surface area contributed by atoms with Gasteiger partial charge in [-0.15, -0.1) is 13.2 Å². The summed E-state index contributed by atoms with van der Waals surface area (Å²) < 4.78 is 44.0. The molecule has 94 valence electrons. The SMILES string of the molecule is COc1cc(OC(F)(F)F)c(O)c(C(=O)Cl)n1. The zero-order chi connectivity index (χ0) is 13.2. The van der Waals surface area contributed by atoms with Crippen molar-refractivity contribution in [3.8, 4) is 17.4 Å². The van der Waals surface area contributed by atoms with Crippen LogP contribution in [0.3, 0.4) is 0 Å². The first-order valence-electron chi connectivity index (χ1n) is 3.98. The monoisotopic (exact) mass is 271 g/mol. The van der Waals surface area contributed by atoms with Crippen molar-refractivity contribution in [1.82, 2.24) is 4.98 Å². The topological polar surface area (TPSA) is 68.7 Å². The molecule has 0 aliphatic rings. The molecule has 0 saturated heterocycles. The maximum Gasteiger partial charge on any atom is 0.573 e. The van der Waals surface area contributed by atoms with Crippen molar-refractivity contribution in [2.24, 2.45) is 0 Å². The maximum atomic E-state index is 12.0. The molecule has 0 saturated carbocycles. The van der Waals surface area contributed by atoms with Crippen LogP contribution in [0.1, 0.15) is 10.5 Å². The van der Waals surface area contributed by atoms with Crippen molar-refractivity contribution in [2.45, 2.75) is 6.36 Å². The van der Waals surface area contributed by atoms with Gasteiger partial charge in [-0.25, -0.2) is 4.98 Å². The molecule has 1 heterocycles. The Labute approximate surface area is 97.7 Å². The summed E-state index contributed by atoms with van der Waals surface area (Å²) in [7, 11) is 1.11. The highest BCUT2D eigenvalue weighted by Crippen LogP contribution is 2.36. The van der Waals surface area contributed by atoms with Gasteiger partial charge in [0.25, 0.3) is 5.24 Å². The lowest BCUT2D eigenvalue weighted by Gasteiger charge is -2.12. The Kier molecular flexibility index (Phi) is 3.66. The lowest BCUT2D eigenvalue weighted by molar-refractivity contribution is -0.275. The largest absolute Gasteiger partial charge is 0.573 e. The number of alkyl halides is 3. The van der Waals surface area contributed by atoms with Gasteiger partial charge < -0.3 is 14.6 Å². The number of rotatable bonds is 3. The fraction of sp³-hybridized carbons (Fsp3) is 0.250. The van der Waals surface area contributed by atoms with Gasteiger partial charge in [0.15, 0.2) is 17.2 Å². The van der Waals surface area contributed by atoms with E-state index in [1.807, 2.05) is 0 Å². The predicted molar refractivity (Wildman–Crippen MR) is 49.3 cm³/mol. The second-order valence-electron chi connectivity index (χ2n) is 2.68. The minimum Gasteiger partial charge on any atom is -0.503 e. The molecule has 0 spiro atoms. The number of hydrogen-bond acceptors (Lipinski definition) is 5. The molecule has 0 radical (unpaired) electrons. The standard InChI is InChI=1S/C8H5ClF3NO4/c1-16-4-2-3(17-8(10,11)12)6(14)5(13-4)7(9)15/h2,14H,1H3. The minimum atomic E-state index is -5.03. The third-order valence-corrected chi connectivity index (χ3v) is 1.73. The van der Waals surface area contributed by atoms with Crippen LogP contribution in [0.25, 0.3) is 0 Å². The number of ether oxygens (including phenoxy) is 2. The summed E-state index contributed by atoms with van der Waals surface area (Å²) in [5.74, 6) is -2.48. The number of halogens is 4. The highest BCUT2D eigenvalue weighted by Gasteiger charge is 2.34. The van der Waals surface area contributed by atoms with Gasteiger partial charge in [-0.05, 0) is 11.6 Å². The second-order valence-corrected chi connectivity index (χ2v) is 3.02. The molecule has 1 rings (SSSR count). The fourth-order valence-corrected chi connectivity index (χ4v) is 1.07. The summed E-state index contributed by atoms with van der Waals surface area (Å²) >= 11 is 5.03. The normalized spacial score (nSPS) is 11.1. The van der Waals surface area contributed by atoms with Gasteiger partial charge in [0.2, 0.25) is 5.88 Å². The molecular formula is C8H5ClF3NO4. The van der Waals surface area contributed by atoms with E-state index in [1.165, 1.54) is 0 Å². The summed E-state index contributed by atoms with van der Waals surface area (Å²) in [5, 5.41) is 8.05. The highest BCUT2D eigenvalue weighted by atomic mass is 35.5. The van der Waals surface area contributed by atoms with Gasteiger partial charge in [0, 0.05) is 6.07 Å². The van der Waals surface area contributed by atoms with Crippen LogP contribution >= 0.6 is 11.6 Å². The van der Waals surface area contributed by atoms with Crippen LogP contribution in [0, 0.1) is 0 Å². The fourth-order valence-electron chi connectivity index (χ4n) is 0.937.